The van der Waals surface area contributed by atoms with E-state index in [0.29, 0.717) is 11.7 Å². The van der Waals surface area contributed by atoms with Crippen LogP contribution in [0.4, 0.5) is 0 Å². The molecule has 18 heavy (non-hydrogen) atoms. The molecular formula is C15H20O2S. The smallest absolute Gasteiger partial charge is 0.134 e. The number of thioether (sulfide) groups is 1. The molecule has 0 spiro atoms. The summed E-state index contributed by atoms with van der Waals surface area (Å²) in [5.74, 6) is 7.75. The summed E-state index contributed by atoms with van der Waals surface area (Å²) in [6.07, 6.45) is 0.494. The molecule has 0 saturated carbocycles. The highest BCUT2D eigenvalue weighted by Crippen LogP contribution is 2.23. The van der Waals surface area contributed by atoms with Crippen molar-refractivity contribution in [2.45, 2.75) is 31.3 Å². The van der Waals surface area contributed by atoms with E-state index in [1.165, 1.54) is 5.56 Å². The van der Waals surface area contributed by atoms with Crippen LogP contribution in [0.2, 0.25) is 0 Å². The summed E-state index contributed by atoms with van der Waals surface area (Å²) in [5.41, 5.74) is 2.15. The first kappa shape index (κ1) is 14.9. The quantitative estimate of drug-likeness (QED) is 0.829. The number of hydrogen-bond donors (Lipinski definition) is 1. The largest absolute Gasteiger partial charge is 0.495 e. The lowest BCUT2D eigenvalue weighted by Crippen LogP contribution is -1.93. The molecule has 0 saturated heterocycles. The van der Waals surface area contributed by atoms with Gasteiger partial charge < -0.3 is 9.84 Å². The van der Waals surface area contributed by atoms with Crippen LogP contribution in [-0.4, -0.2) is 24.1 Å². The van der Waals surface area contributed by atoms with Crippen LogP contribution in [0.5, 0.6) is 5.75 Å². The van der Waals surface area contributed by atoms with Crippen LogP contribution >= 0.6 is 11.8 Å². The number of methoxy groups -OCH3 is 1. The molecule has 0 heterocycles. The monoisotopic (exact) mass is 264 g/mol. The Balaban J connectivity index is 2.85. The molecule has 0 atom stereocenters. The number of ether oxygens (including phenoxy) is 1. The van der Waals surface area contributed by atoms with Gasteiger partial charge in [0.2, 0.25) is 0 Å². The highest BCUT2D eigenvalue weighted by atomic mass is 32.2. The third-order valence-corrected chi connectivity index (χ3v) is 3.47. The van der Waals surface area contributed by atoms with Crippen LogP contribution in [0.3, 0.4) is 0 Å². The van der Waals surface area contributed by atoms with Crippen molar-refractivity contribution in [3.63, 3.8) is 0 Å². The zero-order chi connectivity index (χ0) is 13.4. The predicted octanol–water partition coefficient (Wildman–Crippen LogP) is 3.07. The average Bonchev–Trinajstić information content (AvgIpc) is 2.37. The molecule has 0 amide bonds. The predicted molar refractivity (Wildman–Crippen MR) is 78.0 cm³/mol. The minimum absolute atomic E-state index is 0.0954. The first-order chi connectivity index (χ1) is 8.67. The first-order valence-electron chi connectivity index (χ1n) is 6.05. The summed E-state index contributed by atoms with van der Waals surface area (Å²) in [4.78, 5) is 0. The Kier molecular flexibility index (Phi) is 6.70. The number of aliphatic hydroxyl groups is 1. The van der Waals surface area contributed by atoms with E-state index in [9.17, 15) is 0 Å². The Hall–Kier alpha value is -1.11. The molecule has 1 rings (SSSR count). The van der Waals surface area contributed by atoms with Gasteiger partial charge in [-0.3, -0.25) is 0 Å². The van der Waals surface area contributed by atoms with E-state index in [0.717, 1.165) is 17.1 Å². The Morgan fingerprint density at radius 3 is 2.78 bits per heavy atom. The zero-order valence-corrected chi connectivity index (χ0v) is 12.0. The number of hydrogen-bond acceptors (Lipinski definition) is 3. The van der Waals surface area contributed by atoms with Crippen LogP contribution in [-0.2, 0) is 5.75 Å². The van der Waals surface area contributed by atoms with Crippen molar-refractivity contribution in [1.82, 2.24) is 0 Å². The van der Waals surface area contributed by atoms with Gasteiger partial charge in [0.25, 0.3) is 0 Å². The highest BCUT2D eigenvalue weighted by Gasteiger charge is 2.03. The molecule has 0 radical (unpaired) electrons. The standard InChI is InChI=1S/C15H20O2S/c1-12(2)18-11-13-7-8-15(17-3)14(10-13)6-4-5-9-16/h7-8,10,12,16H,5,9,11H2,1-3H3. The van der Waals surface area contributed by atoms with Crippen molar-refractivity contribution in [1.29, 1.82) is 0 Å². The van der Waals surface area contributed by atoms with Gasteiger partial charge in [-0.25, -0.2) is 0 Å². The fourth-order valence-corrected chi connectivity index (χ4v) is 2.12. The van der Waals surface area contributed by atoms with Crippen LogP contribution in [0.15, 0.2) is 18.2 Å². The molecule has 2 nitrogen and oxygen atoms in total. The third kappa shape index (κ3) is 5.03. The van der Waals surface area contributed by atoms with E-state index in [1.54, 1.807) is 7.11 Å². The molecule has 0 aliphatic rings. The lowest BCUT2D eigenvalue weighted by Gasteiger charge is -2.08. The van der Waals surface area contributed by atoms with E-state index in [1.807, 2.05) is 17.8 Å². The van der Waals surface area contributed by atoms with E-state index >= 15 is 0 Å². The van der Waals surface area contributed by atoms with Crippen molar-refractivity contribution in [2.24, 2.45) is 0 Å². The van der Waals surface area contributed by atoms with Gasteiger partial charge in [0.1, 0.15) is 5.75 Å². The Labute approximate surface area is 114 Å². The van der Waals surface area contributed by atoms with E-state index in [4.69, 9.17) is 9.84 Å². The van der Waals surface area contributed by atoms with Gasteiger partial charge in [0.15, 0.2) is 0 Å². The first-order valence-corrected chi connectivity index (χ1v) is 7.10. The van der Waals surface area contributed by atoms with Crippen molar-refractivity contribution in [3.05, 3.63) is 29.3 Å². The van der Waals surface area contributed by atoms with Gasteiger partial charge in [0, 0.05) is 12.2 Å². The number of aliphatic hydroxyl groups excluding tert-OH is 1. The molecule has 98 valence electrons. The lowest BCUT2D eigenvalue weighted by molar-refractivity contribution is 0.305. The van der Waals surface area contributed by atoms with Crippen LogP contribution in [0.1, 0.15) is 31.4 Å². The summed E-state index contributed by atoms with van der Waals surface area (Å²) >= 11 is 1.91. The molecule has 1 aromatic rings. The molecule has 0 bridgehead atoms. The SMILES string of the molecule is COc1ccc(CSC(C)C)cc1C#CCCO. The van der Waals surface area contributed by atoms with Gasteiger partial charge >= 0.3 is 0 Å². The van der Waals surface area contributed by atoms with Crippen molar-refractivity contribution in [3.8, 4) is 17.6 Å². The second kappa shape index (κ2) is 8.07. The number of rotatable bonds is 5. The molecule has 3 heteroatoms. The van der Waals surface area contributed by atoms with E-state index < -0.39 is 0 Å². The lowest BCUT2D eigenvalue weighted by atomic mass is 10.1. The van der Waals surface area contributed by atoms with Crippen LogP contribution in [0, 0.1) is 11.8 Å². The Morgan fingerprint density at radius 2 is 2.17 bits per heavy atom. The van der Waals surface area contributed by atoms with Gasteiger partial charge in [0.05, 0.1) is 19.3 Å². The summed E-state index contributed by atoms with van der Waals surface area (Å²) in [6.45, 7) is 4.48. The third-order valence-electron chi connectivity index (χ3n) is 2.31. The van der Waals surface area contributed by atoms with E-state index in [-0.39, 0.29) is 6.61 Å². The molecular weight excluding hydrogens is 244 g/mol. The van der Waals surface area contributed by atoms with Crippen LogP contribution in [0.25, 0.3) is 0 Å². The topological polar surface area (TPSA) is 29.5 Å². The van der Waals surface area contributed by atoms with Gasteiger partial charge in [-0.2, -0.15) is 11.8 Å². The van der Waals surface area contributed by atoms with Gasteiger partial charge in [-0.05, 0) is 22.9 Å². The molecule has 0 aromatic heterocycles. The summed E-state index contributed by atoms with van der Waals surface area (Å²) in [5, 5.41) is 9.35. The molecule has 1 N–H and O–H groups in total. The summed E-state index contributed by atoms with van der Waals surface area (Å²) in [6, 6.07) is 6.10. The normalized spacial score (nSPS) is 10.1. The maximum Gasteiger partial charge on any atom is 0.134 e. The van der Waals surface area contributed by atoms with Crippen molar-refractivity contribution < 1.29 is 9.84 Å². The van der Waals surface area contributed by atoms with E-state index in [2.05, 4.69) is 37.8 Å². The fraction of sp³-hybridized carbons (Fsp3) is 0.467. The zero-order valence-electron chi connectivity index (χ0n) is 11.2. The maximum absolute atomic E-state index is 8.73. The number of benzene rings is 1. The van der Waals surface area contributed by atoms with Crippen molar-refractivity contribution in [2.75, 3.05) is 13.7 Å². The van der Waals surface area contributed by atoms with Crippen molar-refractivity contribution >= 4 is 11.8 Å². The second-order valence-corrected chi connectivity index (χ2v) is 5.73. The van der Waals surface area contributed by atoms with Gasteiger partial charge in [-0.1, -0.05) is 31.8 Å². The minimum Gasteiger partial charge on any atom is -0.495 e. The van der Waals surface area contributed by atoms with Crippen LogP contribution < -0.4 is 4.74 Å². The maximum atomic E-state index is 8.73. The summed E-state index contributed by atoms with van der Waals surface area (Å²) in [7, 11) is 1.65. The Bertz CT molecular complexity index is 430. The molecule has 1 aromatic carbocycles. The molecule has 0 aliphatic heterocycles. The second-order valence-electron chi connectivity index (χ2n) is 4.17. The molecule has 0 fully saturated rings. The molecule has 0 unspecified atom stereocenters. The average molecular weight is 264 g/mol. The fourth-order valence-electron chi connectivity index (χ4n) is 1.42. The molecule has 0 aliphatic carbocycles. The highest BCUT2D eigenvalue weighted by molar-refractivity contribution is 7.99. The Morgan fingerprint density at radius 1 is 1.39 bits per heavy atom. The summed E-state index contributed by atoms with van der Waals surface area (Å²) < 4.78 is 5.28. The van der Waals surface area contributed by atoms with Gasteiger partial charge in [-0.15, -0.1) is 0 Å². The minimum atomic E-state index is 0.0954.